The van der Waals surface area contributed by atoms with Crippen LogP contribution in [0.3, 0.4) is 0 Å². The summed E-state index contributed by atoms with van der Waals surface area (Å²) in [5.41, 5.74) is 3.20. The first-order valence-corrected chi connectivity index (χ1v) is 8.56. The van der Waals surface area contributed by atoms with E-state index in [-0.39, 0.29) is 0 Å². The lowest BCUT2D eigenvalue weighted by atomic mass is 10.1. The fourth-order valence-electron chi connectivity index (χ4n) is 2.41. The van der Waals surface area contributed by atoms with Crippen molar-refractivity contribution in [2.45, 2.75) is 6.61 Å². The van der Waals surface area contributed by atoms with Gasteiger partial charge in [-0.15, -0.1) is 0 Å². The first kappa shape index (κ1) is 17.1. The van der Waals surface area contributed by atoms with Gasteiger partial charge >= 0.3 is 0 Å². The Morgan fingerprint density at radius 2 is 1.28 bits per heavy atom. The lowest BCUT2D eigenvalue weighted by molar-refractivity contribution is 0.305. The number of hydrogen-bond acceptors (Lipinski definition) is 1. The molecule has 3 aromatic rings. The van der Waals surface area contributed by atoms with Gasteiger partial charge in [-0.2, -0.15) is 0 Å². The maximum Gasteiger partial charge on any atom is 0.127 e. The molecular weight excluding hydrogens is 328 g/mol. The standard InChI is InChI=1S/C23H19ClO/c24-22-16-8-6-13-20(22)12-4-5-14-21-15-7-9-17-23(21)25-18-19-10-2-1-3-11-19/h1-17H,18H2/b12-4+,14-5+. The maximum atomic E-state index is 6.15. The van der Waals surface area contributed by atoms with Crippen LogP contribution in [0.4, 0.5) is 0 Å². The molecule has 0 atom stereocenters. The summed E-state index contributed by atoms with van der Waals surface area (Å²) in [6, 6.07) is 26.0. The van der Waals surface area contributed by atoms with E-state index < -0.39 is 0 Å². The summed E-state index contributed by atoms with van der Waals surface area (Å²) in [4.78, 5) is 0. The number of benzene rings is 3. The molecule has 0 unspecified atom stereocenters. The van der Waals surface area contributed by atoms with Crippen LogP contribution < -0.4 is 4.74 Å². The summed E-state index contributed by atoms with van der Waals surface area (Å²) in [5.74, 6) is 0.869. The molecule has 0 radical (unpaired) electrons. The fraction of sp³-hybridized carbons (Fsp3) is 0.0435. The predicted octanol–water partition coefficient (Wildman–Crippen LogP) is 6.65. The minimum atomic E-state index is 0.557. The molecule has 1 nitrogen and oxygen atoms in total. The summed E-state index contributed by atoms with van der Waals surface area (Å²) in [5, 5.41) is 0.749. The van der Waals surface area contributed by atoms with Crippen molar-refractivity contribution in [3.63, 3.8) is 0 Å². The second-order valence-corrected chi connectivity index (χ2v) is 5.96. The zero-order chi connectivity index (χ0) is 17.3. The maximum absolute atomic E-state index is 6.15. The molecule has 124 valence electrons. The normalized spacial score (nSPS) is 11.2. The molecule has 0 aliphatic carbocycles. The van der Waals surface area contributed by atoms with Crippen LogP contribution in [0.25, 0.3) is 12.2 Å². The van der Waals surface area contributed by atoms with Crippen molar-refractivity contribution in [1.82, 2.24) is 0 Å². The molecule has 0 aliphatic heterocycles. The molecule has 0 amide bonds. The molecule has 2 heteroatoms. The second-order valence-electron chi connectivity index (χ2n) is 5.55. The Morgan fingerprint density at radius 1 is 0.680 bits per heavy atom. The van der Waals surface area contributed by atoms with E-state index >= 15 is 0 Å². The van der Waals surface area contributed by atoms with Crippen molar-refractivity contribution in [3.8, 4) is 5.75 Å². The topological polar surface area (TPSA) is 9.23 Å². The zero-order valence-electron chi connectivity index (χ0n) is 13.8. The third-order valence-corrected chi connectivity index (χ3v) is 4.07. The van der Waals surface area contributed by atoms with Crippen molar-refractivity contribution < 1.29 is 4.74 Å². The number of halogens is 1. The molecule has 3 aromatic carbocycles. The summed E-state index contributed by atoms with van der Waals surface area (Å²) >= 11 is 6.15. The van der Waals surface area contributed by atoms with Gasteiger partial charge in [-0.3, -0.25) is 0 Å². The van der Waals surface area contributed by atoms with Gasteiger partial charge in [0.15, 0.2) is 0 Å². The van der Waals surface area contributed by atoms with E-state index in [0.717, 1.165) is 27.5 Å². The Hall–Kier alpha value is -2.77. The molecule has 0 spiro atoms. The fourth-order valence-corrected chi connectivity index (χ4v) is 2.61. The summed E-state index contributed by atoms with van der Waals surface area (Å²) in [6.07, 6.45) is 8.00. The molecule has 0 heterocycles. The van der Waals surface area contributed by atoms with Gasteiger partial charge in [-0.05, 0) is 23.3 Å². The summed E-state index contributed by atoms with van der Waals surface area (Å²) < 4.78 is 5.96. The Kier molecular flexibility index (Phi) is 6.08. The highest BCUT2D eigenvalue weighted by molar-refractivity contribution is 6.32. The quantitative estimate of drug-likeness (QED) is 0.454. The van der Waals surface area contributed by atoms with E-state index in [0.29, 0.717) is 6.61 Å². The minimum Gasteiger partial charge on any atom is -0.488 e. The van der Waals surface area contributed by atoms with E-state index in [1.165, 1.54) is 0 Å². The van der Waals surface area contributed by atoms with Crippen molar-refractivity contribution in [2.24, 2.45) is 0 Å². The van der Waals surface area contributed by atoms with Crippen LogP contribution in [-0.4, -0.2) is 0 Å². The highest BCUT2D eigenvalue weighted by Crippen LogP contribution is 2.21. The van der Waals surface area contributed by atoms with Crippen LogP contribution in [-0.2, 0) is 6.61 Å². The first-order valence-electron chi connectivity index (χ1n) is 8.18. The van der Waals surface area contributed by atoms with Crippen LogP contribution >= 0.6 is 11.6 Å². The van der Waals surface area contributed by atoms with Crippen molar-refractivity contribution in [1.29, 1.82) is 0 Å². The van der Waals surface area contributed by atoms with Crippen molar-refractivity contribution in [2.75, 3.05) is 0 Å². The van der Waals surface area contributed by atoms with Gasteiger partial charge in [-0.1, -0.05) is 103 Å². The van der Waals surface area contributed by atoms with Crippen LogP contribution in [0.5, 0.6) is 5.75 Å². The number of hydrogen-bond donors (Lipinski definition) is 0. The first-order chi connectivity index (χ1) is 12.3. The van der Waals surface area contributed by atoms with Crippen LogP contribution in [0, 0.1) is 0 Å². The summed E-state index contributed by atoms with van der Waals surface area (Å²) in [6.45, 7) is 0.557. The number of para-hydroxylation sites is 1. The Bertz CT molecular complexity index is 866. The Balaban J connectivity index is 1.67. The summed E-state index contributed by atoms with van der Waals surface area (Å²) in [7, 11) is 0. The minimum absolute atomic E-state index is 0.557. The molecule has 0 saturated carbocycles. The van der Waals surface area contributed by atoms with Gasteiger partial charge in [0.25, 0.3) is 0 Å². The second kappa shape index (κ2) is 8.91. The van der Waals surface area contributed by atoms with Crippen LogP contribution in [0.1, 0.15) is 16.7 Å². The van der Waals surface area contributed by atoms with Gasteiger partial charge in [0, 0.05) is 10.6 Å². The number of allylic oxidation sites excluding steroid dienone is 2. The third kappa shape index (κ3) is 5.10. The van der Waals surface area contributed by atoms with Crippen LogP contribution in [0.15, 0.2) is 91.0 Å². The smallest absolute Gasteiger partial charge is 0.127 e. The SMILES string of the molecule is Clc1ccccc1/C=C/C=C/c1ccccc1OCc1ccccc1. The molecule has 3 rings (SSSR count). The lowest BCUT2D eigenvalue weighted by Gasteiger charge is -2.09. The van der Waals surface area contributed by atoms with Gasteiger partial charge in [0.05, 0.1) is 0 Å². The van der Waals surface area contributed by atoms with E-state index in [2.05, 4.69) is 12.1 Å². The third-order valence-electron chi connectivity index (χ3n) is 3.72. The Labute approximate surface area is 153 Å². The van der Waals surface area contributed by atoms with E-state index in [1.807, 2.05) is 91.0 Å². The molecule has 0 aliphatic rings. The van der Waals surface area contributed by atoms with Gasteiger partial charge in [-0.25, -0.2) is 0 Å². The highest BCUT2D eigenvalue weighted by atomic mass is 35.5. The van der Waals surface area contributed by atoms with Gasteiger partial charge in [0.1, 0.15) is 12.4 Å². The zero-order valence-corrected chi connectivity index (χ0v) is 14.6. The molecule has 25 heavy (non-hydrogen) atoms. The molecule has 0 fully saturated rings. The monoisotopic (exact) mass is 346 g/mol. The lowest BCUT2D eigenvalue weighted by Crippen LogP contribution is -1.96. The van der Waals surface area contributed by atoms with E-state index in [1.54, 1.807) is 0 Å². The average Bonchev–Trinajstić information content (AvgIpc) is 2.66. The molecule has 0 aromatic heterocycles. The molecule has 0 bridgehead atoms. The number of rotatable bonds is 6. The van der Waals surface area contributed by atoms with Crippen LogP contribution in [0.2, 0.25) is 5.02 Å². The van der Waals surface area contributed by atoms with Crippen molar-refractivity contribution >= 4 is 23.8 Å². The average molecular weight is 347 g/mol. The molecular formula is C23H19ClO. The number of ether oxygens (including phenoxy) is 1. The largest absolute Gasteiger partial charge is 0.488 e. The van der Waals surface area contributed by atoms with Gasteiger partial charge in [0.2, 0.25) is 0 Å². The predicted molar refractivity (Wildman–Crippen MR) is 107 cm³/mol. The van der Waals surface area contributed by atoms with E-state index in [4.69, 9.17) is 16.3 Å². The molecule has 0 N–H and O–H groups in total. The Morgan fingerprint density at radius 3 is 2.04 bits per heavy atom. The van der Waals surface area contributed by atoms with Gasteiger partial charge < -0.3 is 4.74 Å². The van der Waals surface area contributed by atoms with Crippen molar-refractivity contribution in [3.05, 3.63) is 113 Å². The van der Waals surface area contributed by atoms with E-state index in [9.17, 15) is 0 Å². The molecule has 0 saturated heterocycles. The highest BCUT2D eigenvalue weighted by Gasteiger charge is 2.00.